The standard InChI is InChI=1S/C9H19NO3/c1-4-13-7-9(12)10(5-6-11)8(2)3/h8,11H,4-7H2,1-3H3. The zero-order valence-corrected chi connectivity index (χ0v) is 8.62. The summed E-state index contributed by atoms with van der Waals surface area (Å²) in [6.45, 7) is 6.70. The number of carbonyl (C=O) groups excluding carboxylic acids is 1. The van der Waals surface area contributed by atoms with Gasteiger partial charge in [-0.3, -0.25) is 4.79 Å². The van der Waals surface area contributed by atoms with Crippen molar-refractivity contribution in [2.24, 2.45) is 0 Å². The highest BCUT2D eigenvalue weighted by atomic mass is 16.5. The van der Waals surface area contributed by atoms with Crippen LogP contribution in [0.5, 0.6) is 0 Å². The van der Waals surface area contributed by atoms with Crippen molar-refractivity contribution in [1.82, 2.24) is 4.90 Å². The van der Waals surface area contributed by atoms with Gasteiger partial charge in [0.05, 0.1) is 6.61 Å². The average molecular weight is 189 g/mol. The number of nitrogens with zero attached hydrogens (tertiary/aromatic N) is 1. The average Bonchev–Trinajstić information content (AvgIpc) is 2.09. The molecule has 0 radical (unpaired) electrons. The second-order valence-corrected chi connectivity index (χ2v) is 3.04. The molecular formula is C9H19NO3. The number of hydrogen-bond acceptors (Lipinski definition) is 3. The number of amides is 1. The Bertz CT molecular complexity index is 148. The van der Waals surface area contributed by atoms with Crippen molar-refractivity contribution in [3.05, 3.63) is 0 Å². The van der Waals surface area contributed by atoms with Gasteiger partial charge in [0.2, 0.25) is 5.91 Å². The highest BCUT2D eigenvalue weighted by molar-refractivity contribution is 5.77. The summed E-state index contributed by atoms with van der Waals surface area (Å²) in [5.74, 6) is -0.0640. The smallest absolute Gasteiger partial charge is 0.248 e. The van der Waals surface area contributed by atoms with Gasteiger partial charge in [-0.2, -0.15) is 0 Å². The highest BCUT2D eigenvalue weighted by Crippen LogP contribution is 1.98. The Balaban J connectivity index is 3.96. The minimum absolute atomic E-state index is 0.00392. The van der Waals surface area contributed by atoms with Gasteiger partial charge in [-0.25, -0.2) is 0 Å². The molecule has 0 heterocycles. The summed E-state index contributed by atoms with van der Waals surface area (Å²) in [6, 6.07) is 0.111. The van der Waals surface area contributed by atoms with E-state index in [2.05, 4.69) is 0 Å². The van der Waals surface area contributed by atoms with Crippen LogP contribution in [0.25, 0.3) is 0 Å². The van der Waals surface area contributed by atoms with Crippen LogP contribution in [0, 0.1) is 0 Å². The molecule has 78 valence electrons. The molecule has 1 amide bonds. The Labute approximate surface area is 79.5 Å². The molecule has 0 aliphatic rings. The Kier molecular flexibility index (Phi) is 6.54. The molecule has 0 bridgehead atoms. The summed E-state index contributed by atoms with van der Waals surface area (Å²) in [5, 5.41) is 8.73. The third kappa shape index (κ3) is 4.85. The summed E-state index contributed by atoms with van der Waals surface area (Å²) in [6.07, 6.45) is 0. The first-order valence-electron chi connectivity index (χ1n) is 4.61. The van der Waals surface area contributed by atoms with E-state index >= 15 is 0 Å². The third-order valence-electron chi connectivity index (χ3n) is 1.71. The fourth-order valence-electron chi connectivity index (χ4n) is 1.05. The van der Waals surface area contributed by atoms with E-state index in [-0.39, 0.29) is 25.2 Å². The molecule has 0 saturated carbocycles. The van der Waals surface area contributed by atoms with Crippen molar-refractivity contribution in [2.45, 2.75) is 26.8 Å². The van der Waals surface area contributed by atoms with Gasteiger partial charge >= 0.3 is 0 Å². The Hall–Kier alpha value is -0.610. The number of carbonyl (C=O) groups is 1. The largest absolute Gasteiger partial charge is 0.395 e. The molecule has 1 N–H and O–H groups in total. The topological polar surface area (TPSA) is 49.8 Å². The quantitative estimate of drug-likeness (QED) is 0.651. The number of hydrogen-bond donors (Lipinski definition) is 1. The summed E-state index contributed by atoms with van der Waals surface area (Å²) in [7, 11) is 0. The predicted molar refractivity (Wildman–Crippen MR) is 50.4 cm³/mol. The van der Waals surface area contributed by atoms with Crippen molar-refractivity contribution in [1.29, 1.82) is 0 Å². The van der Waals surface area contributed by atoms with Gasteiger partial charge < -0.3 is 14.7 Å². The van der Waals surface area contributed by atoms with Crippen LogP contribution in [-0.4, -0.2) is 48.3 Å². The SMILES string of the molecule is CCOCC(=O)N(CCO)C(C)C. The van der Waals surface area contributed by atoms with Crippen LogP contribution in [0.2, 0.25) is 0 Å². The van der Waals surface area contributed by atoms with E-state index in [1.165, 1.54) is 0 Å². The molecule has 0 saturated heterocycles. The molecule has 0 unspecified atom stereocenters. The maximum Gasteiger partial charge on any atom is 0.248 e. The zero-order chi connectivity index (χ0) is 10.3. The van der Waals surface area contributed by atoms with Crippen molar-refractivity contribution in [3.63, 3.8) is 0 Å². The summed E-state index contributed by atoms with van der Waals surface area (Å²) < 4.78 is 5.00. The van der Waals surface area contributed by atoms with Gasteiger partial charge in [0.15, 0.2) is 0 Å². The monoisotopic (exact) mass is 189 g/mol. The fraction of sp³-hybridized carbons (Fsp3) is 0.889. The highest BCUT2D eigenvalue weighted by Gasteiger charge is 2.15. The molecule has 0 aliphatic heterocycles. The van der Waals surface area contributed by atoms with E-state index in [4.69, 9.17) is 9.84 Å². The number of aliphatic hydroxyl groups is 1. The van der Waals surface area contributed by atoms with Crippen LogP contribution in [0.3, 0.4) is 0 Å². The Morgan fingerprint density at radius 3 is 2.54 bits per heavy atom. The minimum Gasteiger partial charge on any atom is -0.395 e. The molecule has 13 heavy (non-hydrogen) atoms. The maximum absolute atomic E-state index is 11.4. The number of ether oxygens (including phenoxy) is 1. The molecule has 0 aromatic rings. The van der Waals surface area contributed by atoms with Crippen molar-refractivity contribution in [3.8, 4) is 0 Å². The van der Waals surface area contributed by atoms with Gasteiger partial charge in [-0.05, 0) is 20.8 Å². The van der Waals surface area contributed by atoms with E-state index < -0.39 is 0 Å². The fourth-order valence-corrected chi connectivity index (χ4v) is 1.05. The molecule has 0 fully saturated rings. The first-order valence-corrected chi connectivity index (χ1v) is 4.61. The molecule has 0 spiro atoms. The lowest BCUT2D eigenvalue weighted by atomic mass is 10.3. The van der Waals surface area contributed by atoms with E-state index in [1.54, 1.807) is 4.90 Å². The first kappa shape index (κ1) is 12.4. The molecule has 0 aromatic carbocycles. The van der Waals surface area contributed by atoms with E-state index in [0.29, 0.717) is 13.2 Å². The van der Waals surface area contributed by atoms with E-state index in [0.717, 1.165) is 0 Å². The lowest BCUT2D eigenvalue weighted by Gasteiger charge is -2.25. The molecular weight excluding hydrogens is 170 g/mol. The molecule has 4 heteroatoms. The van der Waals surface area contributed by atoms with E-state index in [9.17, 15) is 4.79 Å². The van der Waals surface area contributed by atoms with Gasteiger partial charge in [-0.1, -0.05) is 0 Å². The third-order valence-corrected chi connectivity index (χ3v) is 1.71. The van der Waals surface area contributed by atoms with Crippen LogP contribution in [-0.2, 0) is 9.53 Å². The Morgan fingerprint density at radius 1 is 1.54 bits per heavy atom. The second kappa shape index (κ2) is 6.86. The lowest BCUT2D eigenvalue weighted by molar-refractivity contribution is -0.138. The molecule has 0 aliphatic carbocycles. The molecule has 0 rings (SSSR count). The Morgan fingerprint density at radius 2 is 2.15 bits per heavy atom. The van der Waals surface area contributed by atoms with Crippen LogP contribution in [0.15, 0.2) is 0 Å². The molecule has 0 aromatic heterocycles. The van der Waals surface area contributed by atoms with Crippen LogP contribution < -0.4 is 0 Å². The van der Waals surface area contributed by atoms with Crippen molar-refractivity contribution >= 4 is 5.91 Å². The predicted octanol–water partition coefficient (Wildman–Crippen LogP) is 0.252. The van der Waals surface area contributed by atoms with Crippen LogP contribution in [0.4, 0.5) is 0 Å². The van der Waals surface area contributed by atoms with E-state index in [1.807, 2.05) is 20.8 Å². The van der Waals surface area contributed by atoms with Crippen molar-refractivity contribution in [2.75, 3.05) is 26.4 Å². The normalized spacial score (nSPS) is 10.5. The van der Waals surface area contributed by atoms with Gasteiger partial charge in [0.25, 0.3) is 0 Å². The summed E-state index contributed by atoms with van der Waals surface area (Å²) >= 11 is 0. The first-order chi connectivity index (χ1) is 6.13. The summed E-state index contributed by atoms with van der Waals surface area (Å²) in [4.78, 5) is 13.0. The number of aliphatic hydroxyl groups excluding tert-OH is 1. The second-order valence-electron chi connectivity index (χ2n) is 3.04. The number of rotatable bonds is 6. The van der Waals surface area contributed by atoms with Gasteiger partial charge in [-0.15, -0.1) is 0 Å². The zero-order valence-electron chi connectivity index (χ0n) is 8.62. The van der Waals surface area contributed by atoms with Gasteiger partial charge in [0.1, 0.15) is 6.61 Å². The molecule has 0 atom stereocenters. The van der Waals surface area contributed by atoms with Gasteiger partial charge in [0, 0.05) is 19.2 Å². The van der Waals surface area contributed by atoms with Crippen LogP contribution >= 0.6 is 0 Å². The van der Waals surface area contributed by atoms with Crippen molar-refractivity contribution < 1.29 is 14.6 Å². The molecule has 4 nitrogen and oxygen atoms in total. The summed E-state index contributed by atoms with van der Waals surface area (Å²) in [5.41, 5.74) is 0. The lowest BCUT2D eigenvalue weighted by Crippen LogP contribution is -2.41. The maximum atomic E-state index is 11.4. The minimum atomic E-state index is -0.0640. The van der Waals surface area contributed by atoms with Crippen LogP contribution in [0.1, 0.15) is 20.8 Å².